The Morgan fingerprint density at radius 1 is 1.69 bits per heavy atom. The molecule has 0 heterocycles. The molecule has 0 bridgehead atoms. The number of carbonyl (C=O) groups is 1. The van der Waals surface area contributed by atoms with Gasteiger partial charge in [-0.15, -0.1) is 0 Å². The molecule has 4 nitrogen and oxygen atoms in total. The van der Waals surface area contributed by atoms with Gasteiger partial charge in [-0.3, -0.25) is 0 Å². The van der Waals surface area contributed by atoms with Crippen molar-refractivity contribution in [3.8, 4) is 6.07 Å². The van der Waals surface area contributed by atoms with Gasteiger partial charge in [-0.05, 0) is 0 Å². The first-order valence-electron chi connectivity index (χ1n) is 3.68. The van der Waals surface area contributed by atoms with Crippen molar-refractivity contribution < 1.29 is 9.53 Å². The van der Waals surface area contributed by atoms with Crippen LogP contribution in [0.2, 0.25) is 0 Å². The summed E-state index contributed by atoms with van der Waals surface area (Å²) in [4.78, 5) is 12.7. The molecule has 0 atom stereocenters. The van der Waals surface area contributed by atoms with Crippen LogP contribution in [0.25, 0.3) is 0 Å². The molecule has 4 heteroatoms. The Bertz CT molecular complexity index is 261. The first-order valence-corrected chi connectivity index (χ1v) is 3.68. The number of nitriles is 1. The van der Waals surface area contributed by atoms with E-state index in [1.165, 1.54) is 12.3 Å². The smallest absolute Gasteiger partial charge is 0.350 e. The Kier molecular flexibility index (Phi) is 5.05. The van der Waals surface area contributed by atoms with E-state index in [1.54, 1.807) is 25.1 Å². The van der Waals surface area contributed by atoms with Crippen molar-refractivity contribution in [2.24, 2.45) is 0 Å². The Balaban J connectivity index is 4.34. The second kappa shape index (κ2) is 5.84. The van der Waals surface area contributed by atoms with Gasteiger partial charge >= 0.3 is 5.97 Å². The molecule has 0 saturated heterocycles. The predicted molar refractivity (Wildman–Crippen MR) is 48.5 cm³/mol. The highest BCUT2D eigenvalue weighted by Gasteiger charge is 2.09. The lowest BCUT2D eigenvalue weighted by atomic mass is 10.3. The van der Waals surface area contributed by atoms with E-state index in [0.29, 0.717) is 0 Å². The van der Waals surface area contributed by atoms with Crippen molar-refractivity contribution in [1.29, 1.82) is 5.26 Å². The molecule has 0 N–H and O–H groups in total. The highest BCUT2D eigenvalue weighted by Crippen LogP contribution is 1.97. The maximum Gasteiger partial charge on any atom is 0.350 e. The van der Waals surface area contributed by atoms with Gasteiger partial charge in [-0.2, -0.15) is 5.26 Å². The van der Waals surface area contributed by atoms with Crippen LogP contribution in [0.5, 0.6) is 0 Å². The van der Waals surface area contributed by atoms with Gasteiger partial charge in [0.2, 0.25) is 0 Å². The van der Waals surface area contributed by atoms with Crippen molar-refractivity contribution in [2.75, 3.05) is 20.7 Å². The van der Waals surface area contributed by atoms with Crippen LogP contribution in [0, 0.1) is 11.3 Å². The molecule has 0 aliphatic heterocycles. The third kappa shape index (κ3) is 4.64. The minimum Gasteiger partial charge on any atom is -0.457 e. The van der Waals surface area contributed by atoms with Gasteiger partial charge in [0.1, 0.15) is 12.7 Å². The SMILES string of the molecule is C=CCOC(=O)/C(C#N)=C\N(C)C. The number of hydrogen-bond acceptors (Lipinski definition) is 4. The monoisotopic (exact) mass is 180 g/mol. The summed E-state index contributed by atoms with van der Waals surface area (Å²) in [5.41, 5.74) is -0.0214. The summed E-state index contributed by atoms with van der Waals surface area (Å²) in [7, 11) is 3.44. The molecule has 13 heavy (non-hydrogen) atoms. The molecule has 0 saturated carbocycles. The normalized spacial score (nSPS) is 10.1. The van der Waals surface area contributed by atoms with Crippen LogP contribution < -0.4 is 0 Å². The molecule has 70 valence electrons. The summed E-state index contributed by atoms with van der Waals surface area (Å²) in [5.74, 6) is -0.629. The summed E-state index contributed by atoms with van der Waals surface area (Å²) in [6.45, 7) is 3.51. The fourth-order valence-electron chi connectivity index (χ4n) is 0.598. The zero-order valence-corrected chi connectivity index (χ0v) is 7.78. The Hall–Kier alpha value is -1.76. The van der Waals surface area contributed by atoms with E-state index in [4.69, 9.17) is 5.26 Å². The largest absolute Gasteiger partial charge is 0.457 e. The maximum atomic E-state index is 11.1. The zero-order chi connectivity index (χ0) is 10.3. The van der Waals surface area contributed by atoms with Gasteiger partial charge in [-0.25, -0.2) is 4.79 Å². The summed E-state index contributed by atoms with van der Waals surface area (Å²) in [5, 5.41) is 8.57. The average Bonchev–Trinajstić information content (AvgIpc) is 2.09. The molecule has 0 fully saturated rings. The third-order valence-electron chi connectivity index (χ3n) is 1.06. The van der Waals surface area contributed by atoms with E-state index in [2.05, 4.69) is 11.3 Å². The zero-order valence-electron chi connectivity index (χ0n) is 7.78. The maximum absolute atomic E-state index is 11.1. The Morgan fingerprint density at radius 3 is 2.69 bits per heavy atom. The Labute approximate surface area is 77.7 Å². The van der Waals surface area contributed by atoms with Crippen molar-refractivity contribution in [3.63, 3.8) is 0 Å². The van der Waals surface area contributed by atoms with Crippen molar-refractivity contribution >= 4 is 5.97 Å². The molecule has 0 rings (SSSR count). The molecule has 0 unspecified atom stereocenters. The van der Waals surface area contributed by atoms with Crippen molar-refractivity contribution in [1.82, 2.24) is 4.90 Å². The third-order valence-corrected chi connectivity index (χ3v) is 1.06. The lowest BCUT2D eigenvalue weighted by molar-refractivity contribution is -0.137. The Morgan fingerprint density at radius 2 is 2.31 bits per heavy atom. The number of rotatable bonds is 4. The lowest BCUT2D eigenvalue weighted by Gasteiger charge is -2.05. The second-order valence-corrected chi connectivity index (χ2v) is 2.51. The standard InChI is InChI=1S/C9H12N2O2/c1-4-5-13-9(12)8(6-10)7-11(2)3/h4,7H,1,5H2,2-3H3/b8-7-. The van der Waals surface area contributed by atoms with Gasteiger partial charge in [0.25, 0.3) is 0 Å². The van der Waals surface area contributed by atoms with Gasteiger partial charge in [0.05, 0.1) is 0 Å². The first-order chi connectivity index (χ1) is 6.11. The van der Waals surface area contributed by atoms with Crippen molar-refractivity contribution in [3.05, 3.63) is 24.4 Å². The highest BCUT2D eigenvalue weighted by atomic mass is 16.5. The molecule has 0 aliphatic rings. The fourth-order valence-corrected chi connectivity index (χ4v) is 0.598. The van der Waals surface area contributed by atoms with Crippen LogP contribution in [-0.2, 0) is 9.53 Å². The van der Waals surface area contributed by atoms with Crippen LogP contribution in [0.1, 0.15) is 0 Å². The summed E-state index contributed by atoms with van der Waals surface area (Å²) in [6.07, 6.45) is 2.86. The minimum atomic E-state index is -0.629. The van der Waals surface area contributed by atoms with Crippen molar-refractivity contribution in [2.45, 2.75) is 0 Å². The number of hydrogen-bond donors (Lipinski definition) is 0. The van der Waals surface area contributed by atoms with E-state index < -0.39 is 5.97 Å². The molecular weight excluding hydrogens is 168 g/mol. The van der Waals surface area contributed by atoms with Crippen LogP contribution in [0.3, 0.4) is 0 Å². The molecule has 0 radical (unpaired) electrons. The molecule has 0 aromatic rings. The van der Waals surface area contributed by atoms with E-state index >= 15 is 0 Å². The first kappa shape index (κ1) is 11.2. The predicted octanol–water partition coefficient (Wildman–Crippen LogP) is 0.685. The topological polar surface area (TPSA) is 53.3 Å². The fraction of sp³-hybridized carbons (Fsp3) is 0.333. The second-order valence-electron chi connectivity index (χ2n) is 2.51. The van der Waals surface area contributed by atoms with E-state index in [0.717, 1.165) is 0 Å². The quantitative estimate of drug-likeness (QED) is 0.276. The van der Waals surface area contributed by atoms with Crippen LogP contribution in [0.4, 0.5) is 0 Å². The molecule has 0 aromatic carbocycles. The molecule has 0 spiro atoms. The molecule has 0 aromatic heterocycles. The summed E-state index contributed by atoms with van der Waals surface area (Å²) >= 11 is 0. The van der Waals surface area contributed by atoms with E-state index in [9.17, 15) is 4.79 Å². The van der Waals surface area contributed by atoms with Gasteiger partial charge in [0.15, 0.2) is 5.57 Å². The van der Waals surface area contributed by atoms with E-state index in [-0.39, 0.29) is 12.2 Å². The number of ether oxygens (including phenoxy) is 1. The lowest BCUT2D eigenvalue weighted by Crippen LogP contribution is -2.11. The van der Waals surface area contributed by atoms with Gasteiger partial charge in [0, 0.05) is 20.3 Å². The summed E-state index contributed by atoms with van der Waals surface area (Å²) in [6, 6.07) is 1.75. The summed E-state index contributed by atoms with van der Waals surface area (Å²) < 4.78 is 4.67. The molecule has 0 amide bonds. The van der Waals surface area contributed by atoms with Gasteiger partial charge in [-0.1, -0.05) is 12.7 Å². The van der Waals surface area contributed by atoms with Crippen LogP contribution in [-0.4, -0.2) is 31.6 Å². The van der Waals surface area contributed by atoms with Gasteiger partial charge < -0.3 is 9.64 Å². The number of nitrogens with zero attached hydrogens (tertiary/aromatic N) is 2. The molecular formula is C9H12N2O2. The highest BCUT2D eigenvalue weighted by molar-refractivity contribution is 5.92. The molecule has 0 aliphatic carbocycles. The van der Waals surface area contributed by atoms with Crippen LogP contribution in [0.15, 0.2) is 24.4 Å². The minimum absolute atomic E-state index is 0.0214. The van der Waals surface area contributed by atoms with E-state index in [1.807, 2.05) is 0 Å². The number of esters is 1. The van der Waals surface area contributed by atoms with Crippen LogP contribution >= 0.6 is 0 Å². The number of carbonyl (C=O) groups excluding carboxylic acids is 1. The average molecular weight is 180 g/mol.